The number of hydrogen-bond acceptors (Lipinski definition) is 6. The van der Waals surface area contributed by atoms with Crippen molar-refractivity contribution in [3.8, 4) is 0 Å². The van der Waals surface area contributed by atoms with E-state index < -0.39 is 0 Å². The van der Waals surface area contributed by atoms with Crippen molar-refractivity contribution >= 4 is 23.3 Å². The van der Waals surface area contributed by atoms with Crippen LogP contribution in [0.3, 0.4) is 0 Å². The van der Waals surface area contributed by atoms with Crippen LogP contribution in [0.5, 0.6) is 0 Å². The summed E-state index contributed by atoms with van der Waals surface area (Å²) in [5.41, 5.74) is 7.19. The van der Waals surface area contributed by atoms with Gasteiger partial charge in [0.15, 0.2) is 4.34 Å². The Kier molecular flexibility index (Phi) is 4.68. The monoisotopic (exact) mass is 280 g/mol. The number of aryl methyl sites for hydroxylation is 1. The van der Waals surface area contributed by atoms with Crippen LogP contribution in [0.15, 0.2) is 28.9 Å². The minimum atomic E-state index is 0.0353. The van der Waals surface area contributed by atoms with Gasteiger partial charge in [-0.15, -0.1) is 0 Å². The normalized spacial score (nSPS) is 14.4. The molecule has 2 heterocycles. The highest BCUT2D eigenvalue weighted by atomic mass is 32.2. The lowest BCUT2D eigenvalue weighted by atomic mass is 10.1. The zero-order valence-corrected chi connectivity index (χ0v) is 12.0. The maximum Gasteiger partial charge on any atom is 0.170 e. The molecule has 0 amide bonds. The van der Waals surface area contributed by atoms with E-state index in [1.165, 1.54) is 11.5 Å². The van der Waals surface area contributed by atoms with Crippen molar-refractivity contribution in [2.24, 2.45) is 5.73 Å². The Labute approximate surface area is 115 Å². The van der Waals surface area contributed by atoms with E-state index in [4.69, 9.17) is 5.73 Å². The van der Waals surface area contributed by atoms with Gasteiger partial charge in [-0.2, -0.15) is 4.37 Å². The number of hydrogen-bond donors (Lipinski definition) is 1. The van der Waals surface area contributed by atoms with Gasteiger partial charge in [0.25, 0.3) is 0 Å². The molecule has 4 nitrogen and oxygen atoms in total. The third-order valence-electron chi connectivity index (χ3n) is 2.48. The first-order valence-corrected chi connectivity index (χ1v) is 7.50. The van der Waals surface area contributed by atoms with Gasteiger partial charge in [0.05, 0.1) is 5.25 Å². The smallest absolute Gasteiger partial charge is 0.170 e. The highest BCUT2D eigenvalue weighted by molar-refractivity contribution is 8.01. The molecule has 0 saturated heterocycles. The van der Waals surface area contributed by atoms with Crippen molar-refractivity contribution in [1.29, 1.82) is 0 Å². The van der Waals surface area contributed by atoms with Crippen LogP contribution in [-0.2, 0) is 6.42 Å². The third kappa shape index (κ3) is 3.28. The van der Waals surface area contributed by atoms with Crippen molar-refractivity contribution in [2.75, 3.05) is 0 Å². The molecule has 0 fully saturated rings. The zero-order valence-electron chi connectivity index (χ0n) is 10.4. The Hall–Kier alpha value is -0.980. The summed E-state index contributed by atoms with van der Waals surface area (Å²) in [4.78, 5) is 8.62. The number of thioether (sulfide) groups is 1. The number of nitrogens with zero attached hydrogens (tertiary/aromatic N) is 3. The lowest BCUT2D eigenvalue weighted by Crippen LogP contribution is -2.22. The van der Waals surface area contributed by atoms with Crippen molar-refractivity contribution < 1.29 is 0 Å². The molecule has 2 atom stereocenters. The number of nitrogens with two attached hydrogens (primary N) is 1. The van der Waals surface area contributed by atoms with Gasteiger partial charge in [0.1, 0.15) is 5.82 Å². The lowest BCUT2D eigenvalue weighted by molar-refractivity contribution is 0.718. The van der Waals surface area contributed by atoms with Gasteiger partial charge in [-0.25, -0.2) is 4.98 Å². The van der Waals surface area contributed by atoms with Crippen LogP contribution in [0.2, 0.25) is 0 Å². The predicted octanol–water partition coefficient (Wildman–Crippen LogP) is 2.68. The standard InChI is InChI=1S/C12H16N4S2/c1-3-10-15-12(18-16-10)17-11(8(2)13)9-5-4-6-14-7-9/h4-8,11H,3,13H2,1-2H3. The van der Waals surface area contributed by atoms with Crippen LogP contribution in [-0.4, -0.2) is 20.4 Å². The van der Waals surface area contributed by atoms with Gasteiger partial charge in [0, 0.05) is 24.9 Å². The summed E-state index contributed by atoms with van der Waals surface area (Å²) >= 11 is 3.11. The highest BCUT2D eigenvalue weighted by Gasteiger charge is 2.20. The molecule has 6 heteroatoms. The average molecular weight is 280 g/mol. The van der Waals surface area contributed by atoms with Gasteiger partial charge in [-0.3, -0.25) is 4.98 Å². The molecule has 0 spiro atoms. The fraction of sp³-hybridized carbons (Fsp3) is 0.417. The molecule has 0 radical (unpaired) electrons. The molecule has 0 aromatic carbocycles. The number of rotatable bonds is 5. The fourth-order valence-corrected chi connectivity index (χ4v) is 3.52. The van der Waals surface area contributed by atoms with Crippen molar-refractivity contribution in [2.45, 2.75) is 35.9 Å². The summed E-state index contributed by atoms with van der Waals surface area (Å²) in [5.74, 6) is 0.900. The van der Waals surface area contributed by atoms with Gasteiger partial charge in [-0.05, 0) is 30.1 Å². The Balaban J connectivity index is 2.17. The fourth-order valence-electron chi connectivity index (χ4n) is 1.56. The first-order valence-electron chi connectivity index (χ1n) is 5.85. The van der Waals surface area contributed by atoms with Crippen LogP contribution < -0.4 is 5.73 Å². The molecule has 96 valence electrons. The molecule has 0 saturated carbocycles. The second-order valence-electron chi connectivity index (χ2n) is 4.01. The maximum atomic E-state index is 6.06. The van der Waals surface area contributed by atoms with Crippen molar-refractivity contribution in [1.82, 2.24) is 14.3 Å². The molecule has 2 unspecified atom stereocenters. The predicted molar refractivity (Wildman–Crippen MR) is 75.8 cm³/mol. The summed E-state index contributed by atoms with van der Waals surface area (Å²) in [7, 11) is 0. The van der Waals surface area contributed by atoms with E-state index in [9.17, 15) is 0 Å². The Bertz CT molecular complexity index is 484. The molecule has 2 aromatic rings. The van der Waals surface area contributed by atoms with E-state index in [-0.39, 0.29) is 11.3 Å². The second-order valence-corrected chi connectivity index (χ2v) is 6.15. The molecular formula is C12H16N4S2. The van der Waals surface area contributed by atoms with E-state index in [0.29, 0.717) is 0 Å². The van der Waals surface area contributed by atoms with E-state index >= 15 is 0 Å². The van der Waals surface area contributed by atoms with Crippen LogP contribution in [0.25, 0.3) is 0 Å². The van der Waals surface area contributed by atoms with Gasteiger partial charge >= 0.3 is 0 Å². The summed E-state index contributed by atoms with van der Waals surface area (Å²) in [5, 5.41) is 0.163. The molecule has 0 aliphatic heterocycles. The summed E-state index contributed by atoms with van der Waals surface area (Å²) in [6.45, 7) is 4.06. The van der Waals surface area contributed by atoms with Crippen LogP contribution >= 0.6 is 23.3 Å². The van der Waals surface area contributed by atoms with E-state index in [2.05, 4.69) is 27.3 Å². The van der Waals surface area contributed by atoms with Gasteiger partial charge < -0.3 is 5.73 Å². The Morgan fingerprint density at radius 1 is 1.50 bits per heavy atom. The third-order valence-corrected chi connectivity index (χ3v) is 4.79. The van der Waals surface area contributed by atoms with Gasteiger partial charge in [0.2, 0.25) is 0 Å². The molecule has 0 bridgehead atoms. The molecular weight excluding hydrogens is 264 g/mol. The minimum absolute atomic E-state index is 0.0353. The van der Waals surface area contributed by atoms with Crippen LogP contribution in [0.4, 0.5) is 0 Å². The average Bonchev–Trinajstić information content (AvgIpc) is 2.84. The lowest BCUT2D eigenvalue weighted by Gasteiger charge is -2.18. The largest absolute Gasteiger partial charge is 0.327 e. The summed E-state index contributed by atoms with van der Waals surface area (Å²) < 4.78 is 5.26. The molecule has 2 aromatic heterocycles. The summed E-state index contributed by atoms with van der Waals surface area (Å²) in [6.07, 6.45) is 4.50. The highest BCUT2D eigenvalue weighted by Crippen LogP contribution is 2.37. The van der Waals surface area contributed by atoms with E-state index in [0.717, 1.165) is 22.1 Å². The molecule has 2 N–H and O–H groups in total. The minimum Gasteiger partial charge on any atom is -0.327 e. The Morgan fingerprint density at radius 2 is 2.33 bits per heavy atom. The van der Waals surface area contributed by atoms with Crippen LogP contribution in [0.1, 0.15) is 30.5 Å². The number of pyridine rings is 1. The number of aromatic nitrogens is 3. The topological polar surface area (TPSA) is 64.7 Å². The molecule has 0 aliphatic rings. The first kappa shape index (κ1) is 13.5. The SMILES string of the molecule is CCc1nsc(SC(c2cccnc2)C(C)N)n1. The van der Waals surface area contributed by atoms with E-state index in [1.807, 2.05) is 19.2 Å². The quantitative estimate of drug-likeness (QED) is 0.853. The first-order chi connectivity index (χ1) is 8.70. The molecule has 0 aliphatic carbocycles. The Morgan fingerprint density at radius 3 is 2.89 bits per heavy atom. The van der Waals surface area contributed by atoms with Crippen LogP contribution in [0, 0.1) is 0 Å². The summed E-state index contributed by atoms with van der Waals surface area (Å²) in [6, 6.07) is 4.02. The molecule has 2 rings (SSSR count). The zero-order chi connectivity index (χ0) is 13.0. The van der Waals surface area contributed by atoms with E-state index in [1.54, 1.807) is 18.0 Å². The molecule has 18 heavy (non-hydrogen) atoms. The second kappa shape index (κ2) is 6.26. The maximum absolute atomic E-state index is 6.06. The van der Waals surface area contributed by atoms with Crippen molar-refractivity contribution in [3.63, 3.8) is 0 Å². The van der Waals surface area contributed by atoms with Gasteiger partial charge in [-0.1, -0.05) is 24.8 Å². The van der Waals surface area contributed by atoms with Crippen molar-refractivity contribution in [3.05, 3.63) is 35.9 Å².